The summed E-state index contributed by atoms with van der Waals surface area (Å²) in [7, 11) is 0. The molecule has 2 rings (SSSR count). The van der Waals surface area contributed by atoms with Crippen molar-refractivity contribution in [3.05, 3.63) is 68.4 Å². The summed E-state index contributed by atoms with van der Waals surface area (Å²) in [5.41, 5.74) is 2.16. The zero-order chi connectivity index (χ0) is 14.5. The smallest absolute Gasteiger partial charge is 0.123 e. The van der Waals surface area contributed by atoms with Gasteiger partial charge in [-0.3, -0.25) is 0 Å². The average Bonchev–Trinajstić information content (AvgIpc) is 2.43. The minimum Gasteiger partial charge on any atom is -0.306 e. The van der Waals surface area contributed by atoms with Gasteiger partial charge in [-0.2, -0.15) is 0 Å². The van der Waals surface area contributed by atoms with Crippen molar-refractivity contribution in [2.24, 2.45) is 0 Å². The van der Waals surface area contributed by atoms with E-state index in [1.54, 1.807) is 12.1 Å². The van der Waals surface area contributed by atoms with Crippen LogP contribution < -0.4 is 5.32 Å². The van der Waals surface area contributed by atoms with Gasteiger partial charge in [0.1, 0.15) is 5.82 Å². The van der Waals surface area contributed by atoms with Gasteiger partial charge in [0.2, 0.25) is 0 Å². The molecule has 0 aliphatic carbocycles. The number of nitrogens with one attached hydrogen (secondary N) is 1. The van der Waals surface area contributed by atoms with E-state index in [0.717, 1.165) is 20.9 Å². The molecule has 1 unspecified atom stereocenters. The summed E-state index contributed by atoms with van der Waals surface area (Å²) in [4.78, 5) is 0. The molecule has 106 valence electrons. The van der Waals surface area contributed by atoms with Crippen LogP contribution in [-0.2, 0) is 6.54 Å². The Labute approximate surface area is 135 Å². The van der Waals surface area contributed by atoms with Crippen molar-refractivity contribution in [2.75, 3.05) is 0 Å². The fraction of sp³-hybridized carbons (Fsp3) is 0.250. The van der Waals surface area contributed by atoms with Crippen molar-refractivity contribution in [2.45, 2.75) is 25.9 Å². The molecular formula is C16H16Br2FN. The molecule has 0 fully saturated rings. The van der Waals surface area contributed by atoms with Gasteiger partial charge in [-0.15, -0.1) is 0 Å². The Hall–Kier alpha value is -0.710. The molecule has 0 bridgehead atoms. The van der Waals surface area contributed by atoms with Crippen LogP contribution in [0.15, 0.2) is 51.4 Å². The largest absolute Gasteiger partial charge is 0.306 e. The molecule has 1 atom stereocenters. The third-order valence-electron chi connectivity index (χ3n) is 3.21. The standard InChI is InChI=1S/C16H16Br2FN/c1-2-16(11-4-3-5-13(17)8-11)20-10-12-9-14(19)6-7-15(12)18/h3-9,16,20H,2,10H2,1H3. The van der Waals surface area contributed by atoms with Crippen LogP contribution in [0.2, 0.25) is 0 Å². The van der Waals surface area contributed by atoms with E-state index in [2.05, 4.69) is 56.2 Å². The second kappa shape index (κ2) is 7.34. The Balaban J connectivity index is 2.09. The number of benzene rings is 2. The summed E-state index contributed by atoms with van der Waals surface area (Å²) in [6, 6.07) is 13.3. The first-order valence-corrected chi connectivity index (χ1v) is 8.11. The van der Waals surface area contributed by atoms with Crippen LogP contribution in [0, 0.1) is 5.82 Å². The van der Waals surface area contributed by atoms with Crippen molar-refractivity contribution >= 4 is 31.9 Å². The van der Waals surface area contributed by atoms with E-state index in [4.69, 9.17) is 0 Å². The molecule has 0 spiro atoms. The maximum absolute atomic E-state index is 13.3. The predicted molar refractivity (Wildman–Crippen MR) is 88.1 cm³/mol. The van der Waals surface area contributed by atoms with E-state index in [1.807, 2.05) is 12.1 Å². The number of hydrogen-bond donors (Lipinski definition) is 1. The molecule has 4 heteroatoms. The Morgan fingerprint density at radius 3 is 2.65 bits per heavy atom. The normalized spacial score (nSPS) is 12.4. The van der Waals surface area contributed by atoms with Gasteiger partial charge >= 0.3 is 0 Å². The molecule has 0 aliphatic rings. The zero-order valence-corrected chi connectivity index (χ0v) is 14.3. The molecule has 2 aromatic carbocycles. The van der Waals surface area contributed by atoms with Gasteiger partial charge in [-0.25, -0.2) is 4.39 Å². The third kappa shape index (κ3) is 4.14. The van der Waals surface area contributed by atoms with Crippen molar-refractivity contribution in [1.82, 2.24) is 5.32 Å². The summed E-state index contributed by atoms with van der Waals surface area (Å²) in [6.45, 7) is 2.77. The molecule has 0 aromatic heterocycles. The van der Waals surface area contributed by atoms with E-state index in [9.17, 15) is 4.39 Å². The Morgan fingerprint density at radius 2 is 1.95 bits per heavy atom. The van der Waals surface area contributed by atoms with E-state index in [1.165, 1.54) is 11.6 Å². The Bertz CT molecular complexity index is 586. The highest BCUT2D eigenvalue weighted by Gasteiger charge is 2.10. The highest BCUT2D eigenvalue weighted by molar-refractivity contribution is 9.10. The Morgan fingerprint density at radius 1 is 1.15 bits per heavy atom. The minimum absolute atomic E-state index is 0.208. The van der Waals surface area contributed by atoms with E-state index in [0.29, 0.717) is 6.54 Å². The molecule has 1 nitrogen and oxygen atoms in total. The summed E-state index contributed by atoms with van der Waals surface area (Å²) < 4.78 is 15.3. The molecule has 0 saturated heterocycles. The second-order valence-electron chi connectivity index (χ2n) is 4.63. The minimum atomic E-state index is -0.208. The van der Waals surface area contributed by atoms with Crippen LogP contribution in [0.3, 0.4) is 0 Å². The van der Waals surface area contributed by atoms with Crippen LogP contribution in [0.1, 0.15) is 30.5 Å². The summed E-state index contributed by atoms with van der Waals surface area (Å²) >= 11 is 6.95. The first-order chi connectivity index (χ1) is 9.60. The van der Waals surface area contributed by atoms with Crippen LogP contribution >= 0.6 is 31.9 Å². The van der Waals surface area contributed by atoms with Gasteiger partial charge in [0.15, 0.2) is 0 Å². The lowest BCUT2D eigenvalue weighted by molar-refractivity contribution is 0.516. The number of halogens is 3. The molecule has 2 aromatic rings. The SMILES string of the molecule is CCC(NCc1cc(F)ccc1Br)c1cccc(Br)c1. The van der Waals surface area contributed by atoms with Crippen molar-refractivity contribution < 1.29 is 4.39 Å². The van der Waals surface area contributed by atoms with Gasteiger partial charge in [0.25, 0.3) is 0 Å². The lowest BCUT2D eigenvalue weighted by Gasteiger charge is -2.18. The van der Waals surface area contributed by atoms with Gasteiger partial charge in [0.05, 0.1) is 0 Å². The van der Waals surface area contributed by atoms with Crippen molar-refractivity contribution in [1.29, 1.82) is 0 Å². The molecule has 0 amide bonds. The first-order valence-electron chi connectivity index (χ1n) is 6.53. The maximum Gasteiger partial charge on any atom is 0.123 e. The summed E-state index contributed by atoms with van der Waals surface area (Å²) in [5.74, 6) is -0.208. The van der Waals surface area contributed by atoms with E-state index >= 15 is 0 Å². The molecule has 0 saturated carbocycles. The fourth-order valence-corrected chi connectivity index (χ4v) is 2.94. The third-order valence-corrected chi connectivity index (χ3v) is 4.47. The van der Waals surface area contributed by atoms with Crippen LogP contribution in [0.5, 0.6) is 0 Å². The molecule has 0 heterocycles. The molecular weight excluding hydrogens is 385 g/mol. The summed E-state index contributed by atoms with van der Waals surface area (Å²) in [5, 5.41) is 3.48. The fourth-order valence-electron chi connectivity index (χ4n) is 2.13. The molecule has 0 radical (unpaired) electrons. The molecule has 1 N–H and O–H groups in total. The average molecular weight is 401 g/mol. The van der Waals surface area contributed by atoms with E-state index < -0.39 is 0 Å². The van der Waals surface area contributed by atoms with Crippen molar-refractivity contribution in [3.8, 4) is 0 Å². The molecule has 0 aliphatic heterocycles. The highest BCUT2D eigenvalue weighted by atomic mass is 79.9. The zero-order valence-electron chi connectivity index (χ0n) is 11.2. The number of hydrogen-bond acceptors (Lipinski definition) is 1. The second-order valence-corrected chi connectivity index (χ2v) is 6.40. The van der Waals surface area contributed by atoms with Gasteiger partial charge in [0, 0.05) is 21.5 Å². The highest BCUT2D eigenvalue weighted by Crippen LogP contribution is 2.23. The van der Waals surface area contributed by atoms with Gasteiger partial charge in [-0.05, 0) is 47.9 Å². The quantitative estimate of drug-likeness (QED) is 0.689. The van der Waals surface area contributed by atoms with Crippen LogP contribution in [0.25, 0.3) is 0 Å². The van der Waals surface area contributed by atoms with Gasteiger partial charge < -0.3 is 5.32 Å². The van der Waals surface area contributed by atoms with Crippen molar-refractivity contribution in [3.63, 3.8) is 0 Å². The van der Waals surface area contributed by atoms with E-state index in [-0.39, 0.29) is 11.9 Å². The van der Waals surface area contributed by atoms with Gasteiger partial charge in [-0.1, -0.05) is 50.9 Å². The predicted octanol–water partition coefficient (Wildman–Crippen LogP) is 5.59. The number of rotatable bonds is 5. The van der Waals surface area contributed by atoms with Crippen LogP contribution in [-0.4, -0.2) is 0 Å². The lowest BCUT2D eigenvalue weighted by Crippen LogP contribution is -2.20. The molecule has 20 heavy (non-hydrogen) atoms. The van der Waals surface area contributed by atoms with Crippen LogP contribution in [0.4, 0.5) is 4.39 Å². The summed E-state index contributed by atoms with van der Waals surface area (Å²) in [6.07, 6.45) is 0.976. The topological polar surface area (TPSA) is 12.0 Å². The monoisotopic (exact) mass is 399 g/mol. The Kier molecular flexibility index (Phi) is 5.75. The first kappa shape index (κ1) is 15.7. The lowest BCUT2D eigenvalue weighted by atomic mass is 10.0. The maximum atomic E-state index is 13.3.